The minimum atomic E-state index is -3.79. The molecule has 4 rings (SSSR count). The number of nitrogens with one attached hydrogen (secondary N) is 1. The molecule has 2 aliphatic heterocycles. The molecule has 0 unspecified atom stereocenters. The van der Waals surface area contributed by atoms with Crippen molar-refractivity contribution < 1.29 is 22.5 Å². The van der Waals surface area contributed by atoms with Crippen molar-refractivity contribution >= 4 is 21.7 Å². The van der Waals surface area contributed by atoms with Crippen molar-refractivity contribution in [3.63, 3.8) is 0 Å². The third-order valence-corrected chi connectivity index (χ3v) is 6.24. The Morgan fingerprint density at radius 1 is 1.30 bits per heavy atom. The highest BCUT2D eigenvalue weighted by Crippen LogP contribution is 2.26. The van der Waals surface area contributed by atoms with Gasteiger partial charge in [-0.2, -0.15) is 0 Å². The van der Waals surface area contributed by atoms with Crippen molar-refractivity contribution in [3.05, 3.63) is 41.2 Å². The van der Waals surface area contributed by atoms with E-state index in [2.05, 4.69) is 9.88 Å². The summed E-state index contributed by atoms with van der Waals surface area (Å²) in [6.07, 6.45) is 1.98. The third-order valence-electron chi connectivity index (χ3n) is 4.88. The summed E-state index contributed by atoms with van der Waals surface area (Å²) in [5.41, 5.74) is 1.90. The van der Waals surface area contributed by atoms with Crippen LogP contribution in [0.1, 0.15) is 29.7 Å². The van der Waals surface area contributed by atoms with Crippen molar-refractivity contribution in [1.82, 2.24) is 10.1 Å². The van der Waals surface area contributed by atoms with Gasteiger partial charge in [0.25, 0.3) is 15.9 Å². The van der Waals surface area contributed by atoms with Crippen LogP contribution in [-0.2, 0) is 32.5 Å². The van der Waals surface area contributed by atoms with E-state index in [-0.39, 0.29) is 22.7 Å². The molecule has 0 spiro atoms. The highest BCUT2D eigenvalue weighted by molar-refractivity contribution is 7.92. The van der Waals surface area contributed by atoms with Crippen molar-refractivity contribution in [3.8, 4) is 0 Å². The molecule has 3 heterocycles. The first-order chi connectivity index (χ1) is 12.9. The highest BCUT2D eigenvalue weighted by Gasteiger charge is 2.30. The molecule has 1 aromatic heterocycles. The first-order valence-electron chi connectivity index (χ1n) is 8.91. The summed E-state index contributed by atoms with van der Waals surface area (Å²) in [4.78, 5) is 14.5. The van der Waals surface area contributed by atoms with E-state index in [1.807, 2.05) is 6.07 Å². The van der Waals surface area contributed by atoms with Crippen LogP contribution in [0.3, 0.4) is 0 Å². The summed E-state index contributed by atoms with van der Waals surface area (Å²) in [6, 6.07) is 6.52. The number of hydrogen-bond donors (Lipinski definition) is 1. The number of ether oxygens (including phenoxy) is 1. The summed E-state index contributed by atoms with van der Waals surface area (Å²) in [5.74, 6) is 0.643. The van der Waals surface area contributed by atoms with E-state index < -0.39 is 10.0 Å². The molecule has 0 saturated carbocycles. The van der Waals surface area contributed by atoms with Crippen LogP contribution in [0, 0.1) is 6.92 Å². The molecule has 2 aromatic rings. The molecule has 1 amide bonds. The van der Waals surface area contributed by atoms with Gasteiger partial charge in [-0.3, -0.25) is 9.52 Å². The van der Waals surface area contributed by atoms with Gasteiger partial charge >= 0.3 is 0 Å². The van der Waals surface area contributed by atoms with Crippen LogP contribution in [0.4, 0.5) is 5.82 Å². The number of amides is 1. The summed E-state index contributed by atoms with van der Waals surface area (Å²) >= 11 is 0. The van der Waals surface area contributed by atoms with Gasteiger partial charge in [0.1, 0.15) is 11.9 Å². The lowest BCUT2D eigenvalue weighted by Gasteiger charge is -2.30. The van der Waals surface area contributed by atoms with Gasteiger partial charge in [0.05, 0.1) is 4.90 Å². The molecule has 0 aliphatic carbocycles. The zero-order valence-corrected chi connectivity index (χ0v) is 15.8. The number of nitrogens with zero attached hydrogens (tertiary/aromatic N) is 2. The fraction of sp³-hybridized carbons (Fsp3) is 0.444. The molecule has 0 radical (unpaired) electrons. The maximum atomic E-state index is 12.6. The number of benzene rings is 1. The minimum absolute atomic E-state index is 0.0115. The molecule has 144 valence electrons. The Balaban J connectivity index is 1.54. The number of sulfonamides is 1. The minimum Gasteiger partial charge on any atom is -0.368 e. The zero-order chi connectivity index (χ0) is 19.0. The summed E-state index contributed by atoms with van der Waals surface area (Å²) < 4.78 is 38.0. The Labute approximate surface area is 157 Å². The second kappa shape index (κ2) is 6.97. The predicted octanol–water partition coefficient (Wildman–Crippen LogP) is 1.85. The smallest absolute Gasteiger partial charge is 0.263 e. The van der Waals surface area contributed by atoms with Crippen LogP contribution in [0.15, 0.2) is 33.7 Å². The van der Waals surface area contributed by atoms with E-state index >= 15 is 0 Å². The lowest BCUT2D eigenvalue weighted by Crippen LogP contribution is -2.42. The lowest BCUT2D eigenvalue weighted by atomic mass is 9.99. The lowest BCUT2D eigenvalue weighted by molar-refractivity contribution is -0.141. The van der Waals surface area contributed by atoms with Gasteiger partial charge in [-0.1, -0.05) is 11.2 Å². The molecular weight excluding hydrogens is 370 g/mol. The highest BCUT2D eigenvalue weighted by atomic mass is 32.2. The van der Waals surface area contributed by atoms with Crippen LogP contribution < -0.4 is 4.72 Å². The average molecular weight is 391 g/mol. The van der Waals surface area contributed by atoms with Crippen molar-refractivity contribution in [2.75, 3.05) is 17.9 Å². The van der Waals surface area contributed by atoms with Gasteiger partial charge in [0.15, 0.2) is 5.82 Å². The van der Waals surface area contributed by atoms with E-state index in [1.165, 1.54) is 6.07 Å². The van der Waals surface area contributed by atoms with E-state index in [9.17, 15) is 13.2 Å². The Hall–Kier alpha value is -2.39. The number of aryl methyl sites for hydroxylation is 1. The number of rotatable bonds is 4. The van der Waals surface area contributed by atoms with Gasteiger partial charge in [0, 0.05) is 25.8 Å². The predicted molar refractivity (Wildman–Crippen MR) is 96.6 cm³/mol. The van der Waals surface area contributed by atoms with Gasteiger partial charge < -0.3 is 14.2 Å². The topological polar surface area (TPSA) is 102 Å². The molecular formula is C18H21N3O5S. The van der Waals surface area contributed by atoms with Crippen LogP contribution in [0.5, 0.6) is 0 Å². The molecule has 1 saturated heterocycles. The first kappa shape index (κ1) is 18.0. The maximum Gasteiger partial charge on any atom is 0.263 e. The summed E-state index contributed by atoms with van der Waals surface area (Å²) in [6.45, 7) is 3.31. The summed E-state index contributed by atoms with van der Waals surface area (Å²) in [7, 11) is -3.79. The molecule has 2 aliphatic rings. The SMILES string of the molecule is Cc1cc(NS(=O)(=O)c2ccc3c(c2)CN(C(=O)[C@@H]2CCCO2)CC3)no1. The Morgan fingerprint density at radius 2 is 2.15 bits per heavy atom. The second-order valence-corrected chi connectivity index (χ2v) is 8.55. The number of carbonyl (C=O) groups is 1. The normalized spacial score (nSPS) is 19.7. The summed E-state index contributed by atoms with van der Waals surface area (Å²) in [5, 5.41) is 3.66. The van der Waals surface area contributed by atoms with Gasteiger partial charge in [-0.25, -0.2) is 8.42 Å². The van der Waals surface area contributed by atoms with Crippen LogP contribution >= 0.6 is 0 Å². The quantitative estimate of drug-likeness (QED) is 0.853. The fourth-order valence-electron chi connectivity index (χ4n) is 3.48. The fourth-order valence-corrected chi connectivity index (χ4v) is 4.51. The number of aromatic nitrogens is 1. The third kappa shape index (κ3) is 3.70. The van der Waals surface area contributed by atoms with Crippen molar-refractivity contribution in [2.45, 2.75) is 43.7 Å². The van der Waals surface area contributed by atoms with E-state index in [4.69, 9.17) is 9.26 Å². The molecule has 27 heavy (non-hydrogen) atoms. The van der Waals surface area contributed by atoms with E-state index in [0.29, 0.717) is 31.9 Å². The van der Waals surface area contributed by atoms with Crippen molar-refractivity contribution in [2.24, 2.45) is 0 Å². The average Bonchev–Trinajstić information content (AvgIpc) is 3.32. The van der Waals surface area contributed by atoms with Gasteiger partial charge in [-0.15, -0.1) is 0 Å². The van der Waals surface area contributed by atoms with Crippen LogP contribution in [0.2, 0.25) is 0 Å². The first-order valence-corrected chi connectivity index (χ1v) is 10.4. The molecule has 9 heteroatoms. The molecule has 1 aromatic carbocycles. The monoisotopic (exact) mass is 391 g/mol. The number of anilines is 1. The number of hydrogen-bond acceptors (Lipinski definition) is 6. The van der Waals surface area contributed by atoms with Crippen LogP contribution in [0.25, 0.3) is 0 Å². The van der Waals surface area contributed by atoms with Crippen LogP contribution in [-0.4, -0.2) is 43.6 Å². The van der Waals surface area contributed by atoms with Gasteiger partial charge in [0.2, 0.25) is 0 Å². The van der Waals surface area contributed by atoms with Gasteiger partial charge in [-0.05, 0) is 49.4 Å². The Kier molecular flexibility index (Phi) is 4.65. The number of carbonyl (C=O) groups excluding carboxylic acids is 1. The van der Waals surface area contributed by atoms with E-state index in [1.54, 1.807) is 24.0 Å². The van der Waals surface area contributed by atoms with Crippen molar-refractivity contribution in [1.29, 1.82) is 0 Å². The molecule has 1 atom stereocenters. The molecule has 1 N–H and O–H groups in total. The standard InChI is InChI=1S/C18H21N3O5S/c1-12-9-17(19-26-12)20-27(23,24)15-5-4-13-6-7-21(11-14(13)10-15)18(22)16-3-2-8-25-16/h4-5,9-10,16H,2-3,6-8,11H2,1H3,(H,19,20)/t16-/m0/s1. The second-order valence-electron chi connectivity index (χ2n) is 6.87. The molecule has 1 fully saturated rings. The maximum absolute atomic E-state index is 12.6. The largest absolute Gasteiger partial charge is 0.368 e. The Morgan fingerprint density at radius 3 is 2.85 bits per heavy atom. The Bertz CT molecular complexity index is 963. The number of fused-ring (bicyclic) bond motifs is 1. The zero-order valence-electron chi connectivity index (χ0n) is 15.0. The van der Waals surface area contributed by atoms with E-state index in [0.717, 1.165) is 24.0 Å². The molecule has 0 bridgehead atoms. The molecule has 8 nitrogen and oxygen atoms in total.